The molecule has 0 aromatic heterocycles. The number of carbonyl (C=O) groups excluding carboxylic acids is 1. The van der Waals surface area contributed by atoms with Gasteiger partial charge in [0.05, 0.1) is 23.7 Å². The van der Waals surface area contributed by atoms with Crippen LogP contribution in [0.15, 0.2) is 60.7 Å². The van der Waals surface area contributed by atoms with Gasteiger partial charge in [0.2, 0.25) is 0 Å². The average Bonchev–Trinajstić information content (AvgIpc) is 3.60. The third-order valence-corrected chi connectivity index (χ3v) is 10.8. The lowest BCUT2D eigenvalue weighted by atomic mass is 9.81. The van der Waals surface area contributed by atoms with Crippen molar-refractivity contribution < 1.29 is 37.6 Å². The van der Waals surface area contributed by atoms with Gasteiger partial charge in [-0.1, -0.05) is 31.2 Å². The standard InChI is InChI=1S/C42H52FNO7/c1-28-17-18-44(24-28)29(2)25-48-32-13-9-30(10-14-32)21-38-40(31-11-15-33(16-12-31)49-26-34-7-3-5-19-46-34)42(45)41-37(43)22-36(23-39(41)51-38)50-27-35-8-4-6-20-47-35/h9-16,22-23,28-29,34-35,38,40H,3-8,17-21,24-27H2,1-2H3/t28-,29+,34?,35?,38?,40?/m1/s1. The number of ketones is 1. The average molecular weight is 702 g/mol. The van der Waals surface area contributed by atoms with Crippen LogP contribution in [0.25, 0.3) is 0 Å². The van der Waals surface area contributed by atoms with E-state index in [1.54, 1.807) is 6.07 Å². The second kappa shape index (κ2) is 16.8. The quantitative estimate of drug-likeness (QED) is 0.179. The lowest BCUT2D eigenvalue weighted by molar-refractivity contribution is -0.0112. The molecule has 8 nitrogen and oxygen atoms in total. The highest BCUT2D eigenvalue weighted by atomic mass is 19.1. The number of Topliss-reactive ketones (excluding diaryl/α,β-unsaturated/α-hetero) is 1. The van der Waals surface area contributed by atoms with Crippen LogP contribution in [0.5, 0.6) is 23.0 Å². The molecule has 3 fully saturated rings. The molecule has 0 bridgehead atoms. The number of nitrogens with zero attached hydrogens (tertiary/aromatic N) is 1. The second-order valence-electron chi connectivity index (χ2n) is 14.8. The number of halogens is 1. The summed E-state index contributed by atoms with van der Waals surface area (Å²) in [5.74, 6) is 1.10. The Morgan fingerprint density at radius 3 is 2.10 bits per heavy atom. The summed E-state index contributed by atoms with van der Waals surface area (Å²) in [6, 6.07) is 18.8. The number of likely N-dealkylation sites (tertiary alicyclic amines) is 1. The van der Waals surface area contributed by atoms with Gasteiger partial charge < -0.3 is 28.4 Å². The number of ether oxygens (including phenoxy) is 6. The molecule has 0 aliphatic carbocycles. The first kappa shape index (κ1) is 35.7. The van der Waals surface area contributed by atoms with Crippen molar-refractivity contribution in [3.8, 4) is 23.0 Å². The van der Waals surface area contributed by atoms with Crippen LogP contribution in [0, 0.1) is 11.7 Å². The van der Waals surface area contributed by atoms with Gasteiger partial charge in [-0.15, -0.1) is 0 Å². The zero-order valence-corrected chi connectivity index (χ0v) is 30.0. The Kier molecular flexibility index (Phi) is 11.8. The van der Waals surface area contributed by atoms with E-state index in [1.807, 2.05) is 48.5 Å². The SMILES string of the molecule is C[C@@H]1CCN([C@@H](C)COc2ccc(CC3Oc4cc(OCC5CCCCO5)cc(F)c4C(=O)C3c3ccc(OCC4CCCCO4)cc3)cc2)C1. The van der Waals surface area contributed by atoms with Crippen LogP contribution in [0.2, 0.25) is 0 Å². The molecule has 274 valence electrons. The fourth-order valence-corrected chi connectivity index (χ4v) is 7.73. The Morgan fingerprint density at radius 1 is 0.824 bits per heavy atom. The molecule has 3 saturated heterocycles. The number of benzene rings is 3. The Morgan fingerprint density at radius 2 is 1.47 bits per heavy atom. The van der Waals surface area contributed by atoms with Gasteiger partial charge in [-0.3, -0.25) is 9.69 Å². The van der Waals surface area contributed by atoms with Gasteiger partial charge in [0.1, 0.15) is 54.7 Å². The van der Waals surface area contributed by atoms with E-state index in [4.69, 9.17) is 28.4 Å². The van der Waals surface area contributed by atoms with Crippen LogP contribution in [0.1, 0.15) is 86.2 Å². The summed E-state index contributed by atoms with van der Waals surface area (Å²) in [5, 5.41) is 0. The minimum Gasteiger partial charge on any atom is -0.492 e. The molecule has 4 heterocycles. The summed E-state index contributed by atoms with van der Waals surface area (Å²) in [4.78, 5) is 16.7. The fourth-order valence-electron chi connectivity index (χ4n) is 7.73. The Hall–Kier alpha value is -3.66. The summed E-state index contributed by atoms with van der Waals surface area (Å²) in [6.45, 7) is 9.66. The Labute approximate surface area is 301 Å². The maximum absolute atomic E-state index is 15.8. The zero-order valence-electron chi connectivity index (χ0n) is 30.0. The molecule has 0 saturated carbocycles. The number of carbonyl (C=O) groups is 1. The molecule has 9 heteroatoms. The molecule has 6 atom stereocenters. The van der Waals surface area contributed by atoms with Crippen molar-refractivity contribution in [3.63, 3.8) is 0 Å². The fraction of sp³-hybridized carbons (Fsp3) is 0.548. The number of fused-ring (bicyclic) bond motifs is 1. The highest BCUT2D eigenvalue weighted by Gasteiger charge is 2.40. The van der Waals surface area contributed by atoms with Gasteiger partial charge in [-0.05, 0) is 99.7 Å². The molecule has 4 aliphatic heterocycles. The third-order valence-electron chi connectivity index (χ3n) is 10.8. The van der Waals surface area contributed by atoms with E-state index in [0.29, 0.717) is 50.4 Å². The van der Waals surface area contributed by atoms with E-state index in [0.717, 1.165) is 81.0 Å². The van der Waals surface area contributed by atoms with Gasteiger partial charge in [-0.2, -0.15) is 0 Å². The molecular formula is C42H52FNO7. The zero-order chi connectivity index (χ0) is 35.2. The van der Waals surface area contributed by atoms with Crippen LogP contribution in [-0.4, -0.2) is 81.2 Å². The van der Waals surface area contributed by atoms with Gasteiger partial charge >= 0.3 is 0 Å². The van der Waals surface area contributed by atoms with Gasteiger partial charge in [0.15, 0.2) is 5.78 Å². The number of rotatable bonds is 13. The molecule has 0 N–H and O–H groups in total. The molecule has 4 aliphatic rings. The predicted molar refractivity (Wildman–Crippen MR) is 193 cm³/mol. The summed E-state index contributed by atoms with van der Waals surface area (Å²) in [5.41, 5.74) is 1.69. The molecule has 3 aromatic rings. The molecule has 7 rings (SSSR count). The highest BCUT2D eigenvalue weighted by Crippen LogP contribution is 2.41. The van der Waals surface area contributed by atoms with Crippen LogP contribution in [0.3, 0.4) is 0 Å². The first-order valence-corrected chi connectivity index (χ1v) is 19.0. The van der Waals surface area contributed by atoms with E-state index in [-0.39, 0.29) is 29.3 Å². The number of hydrogen-bond acceptors (Lipinski definition) is 8. The van der Waals surface area contributed by atoms with Crippen molar-refractivity contribution in [1.82, 2.24) is 4.90 Å². The lowest BCUT2D eigenvalue weighted by Gasteiger charge is -2.33. The molecule has 51 heavy (non-hydrogen) atoms. The summed E-state index contributed by atoms with van der Waals surface area (Å²) < 4.78 is 52.1. The van der Waals surface area contributed by atoms with E-state index >= 15 is 4.39 Å². The Balaban J connectivity index is 1.07. The van der Waals surface area contributed by atoms with Gasteiger partial charge in [0, 0.05) is 44.4 Å². The topological polar surface area (TPSA) is 75.7 Å². The lowest BCUT2D eigenvalue weighted by Crippen LogP contribution is -2.38. The second-order valence-corrected chi connectivity index (χ2v) is 14.8. The first-order chi connectivity index (χ1) is 24.9. The van der Waals surface area contributed by atoms with Crippen molar-refractivity contribution in [2.75, 3.05) is 46.1 Å². The van der Waals surface area contributed by atoms with E-state index in [1.165, 1.54) is 12.5 Å². The predicted octanol–water partition coefficient (Wildman–Crippen LogP) is 7.80. The van der Waals surface area contributed by atoms with Gasteiger partial charge in [-0.25, -0.2) is 4.39 Å². The van der Waals surface area contributed by atoms with Gasteiger partial charge in [0.25, 0.3) is 0 Å². The summed E-state index contributed by atoms with van der Waals surface area (Å²) in [7, 11) is 0. The Bertz CT molecular complexity index is 1590. The van der Waals surface area contributed by atoms with Crippen LogP contribution in [-0.2, 0) is 15.9 Å². The monoisotopic (exact) mass is 701 g/mol. The minimum absolute atomic E-state index is 0.0289. The molecule has 0 spiro atoms. The molecule has 4 unspecified atom stereocenters. The van der Waals surface area contributed by atoms with Crippen molar-refractivity contribution in [2.45, 2.75) is 95.5 Å². The maximum atomic E-state index is 15.8. The maximum Gasteiger partial charge on any atom is 0.180 e. The van der Waals surface area contributed by atoms with E-state index < -0.39 is 17.8 Å². The normalized spacial score (nSPS) is 25.9. The smallest absolute Gasteiger partial charge is 0.180 e. The third kappa shape index (κ3) is 9.05. The van der Waals surface area contributed by atoms with Crippen LogP contribution in [0.4, 0.5) is 4.39 Å². The van der Waals surface area contributed by atoms with Crippen molar-refractivity contribution >= 4 is 5.78 Å². The van der Waals surface area contributed by atoms with Crippen molar-refractivity contribution in [2.24, 2.45) is 5.92 Å². The van der Waals surface area contributed by atoms with Crippen molar-refractivity contribution in [3.05, 3.63) is 83.2 Å². The minimum atomic E-state index is -0.718. The highest BCUT2D eigenvalue weighted by molar-refractivity contribution is 6.05. The molecule has 0 radical (unpaired) electrons. The van der Waals surface area contributed by atoms with Crippen molar-refractivity contribution in [1.29, 1.82) is 0 Å². The van der Waals surface area contributed by atoms with E-state index in [9.17, 15) is 4.79 Å². The molecule has 0 amide bonds. The largest absolute Gasteiger partial charge is 0.492 e. The van der Waals surface area contributed by atoms with Crippen LogP contribution >= 0.6 is 0 Å². The molecular weight excluding hydrogens is 649 g/mol. The summed E-state index contributed by atoms with van der Waals surface area (Å²) >= 11 is 0. The number of hydrogen-bond donors (Lipinski definition) is 0. The van der Waals surface area contributed by atoms with E-state index in [2.05, 4.69) is 18.7 Å². The first-order valence-electron chi connectivity index (χ1n) is 19.0. The summed E-state index contributed by atoms with van der Waals surface area (Å²) in [6.07, 6.45) is 7.42. The van der Waals surface area contributed by atoms with Crippen LogP contribution < -0.4 is 18.9 Å². The molecule has 3 aromatic carbocycles.